The second-order valence-electron chi connectivity index (χ2n) is 10.7. The average molecular weight is 603 g/mol. The van der Waals surface area contributed by atoms with Gasteiger partial charge in [-0.1, -0.05) is 97.1 Å². The van der Waals surface area contributed by atoms with Crippen molar-refractivity contribution in [2.75, 3.05) is 0 Å². The number of fused-ring (bicyclic) bond motifs is 5. The largest absolute Gasteiger partial charge is 0.236 e. The first kappa shape index (κ1) is 24.9. The van der Waals surface area contributed by atoms with Crippen molar-refractivity contribution in [3.63, 3.8) is 0 Å². The van der Waals surface area contributed by atoms with Gasteiger partial charge in [0.1, 0.15) is 10.0 Å². The van der Waals surface area contributed by atoms with E-state index >= 15 is 0 Å². The summed E-state index contributed by atoms with van der Waals surface area (Å²) in [6.07, 6.45) is 0. The van der Waals surface area contributed by atoms with Gasteiger partial charge < -0.3 is 0 Å². The van der Waals surface area contributed by atoms with Gasteiger partial charge >= 0.3 is 0 Å². The van der Waals surface area contributed by atoms with Crippen LogP contribution >= 0.6 is 34.0 Å². The molecule has 0 fully saturated rings. The Bertz CT molecular complexity index is 2280. The van der Waals surface area contributed by atoms with Gasteiger partial charge in [-0.05, 0) is 58.7 Å². The fourth-order valence-corrected chi connectivity index (χ4v) is 9.05. The van der Waals surface area contributed by atoms with E-state index in [9.17, 15) is 0 Å². The molecule has 0 aliphatic carbocycles. The number of hydrogen-bond acceptors (Lipinski definition) is 5. The molecule has 9 aromatic rings. The molecule has 0 aliphatic rings. The Morgan fingerprint density at radius 3 is 1.21 bits per heavy atom. The second-order valence-corrected chi connectivity index (χ2v) is 13.8. The number of nitrogens with zero attached hydrogens (tertiary/aromatic N) is 2. The molecule has 0 bridgehead atoms. The van der Waals surface area contributed by atoms with Crippen molar-refractivity contribution in [1.29, 1.82) is 0 Å². The summed E-state index contributed by atoms with van der Waals surface area (Å²) < 4.78 is 5.03. The van der Waals surface area contributed by atoms with Crippen LogP contribution in [0.4, 0.5) is 0 Å². The minimum Gasteiger partial charge on any atom is -0.236 e. The van der Waals surface area contributed by atoms with E-state index < -0.39 is 0 Å². The topological polar surface area (TPSA) is 25.8 Å². The maximum absolute atomic E-state index is 5.10. The molecule has 3 aromatic heterocycles. The van der Waals surface area contributed by atoms with Gasteiger partial charge in [-0.2, -0.15) is 0 Å². The monoisotopic (exact) mass is 602 g/mol. The Labute approximate surface area is 260 Å². The zero-order valence-electron chi connectivity index (χ0n) is 22.8. The molecular formula is C38H22N2S3. The van der Waals surface area contributed by atoms with Crippen molar-refractivity contribution in [2.45, 2.75) is 0 Å². The zero-order chi connectivity index (χ0) is 28.3. The van der Waals surface area contributed by atoms with Crippen LogP contribution in [0.1, 0.15) is 0 Å². The predicted molar refractivity (Wildman–Crippen MR) is 187 cm³/mol. The maximum Gasteiger partial charge on any atom is 0.124 e. The standard InChI is InChI=1S/C38H22N2S3/c1-3-9-23(10-4-1)25-13-7-15-27(17-25)37-39-31-19-29-30-20-32-36(22-34(30)41-33(29)21-35(31)42-37)43-38(40-32)28-16-8-14-26(18-28)24-11-5-2-6-12-24/h1-22H. The molecule has 0 radical (unpaired) electrons. The Hall–Kier alpha value is -4.68. The van der Waals surface area contributed by atoms with Crippen LogP contribution in [0.15, 0.2) is 133 Å². The highest BCUT2D eigenvalue weighted by Gasteiger charge is 2.15. The van der Waals surface area contributed by atoms with E-state index in [1.807, 2.05) is 11.3 Å². The van der Waals surface area contributed by atoms with E-state index in [-0.39, 0.29) is 0 Å². The Balaban J connectivity index is 1.11. The first-order valence-corrected chi connectivity index (χ1v) is 16.6. The van der Waals surface area contributed by atoms with Gasteiger partial charge in [0.15, 0.2) is 0 Å². The summed E-state index contributed by atoms with van der Waals surface area (Å²) in [5.74, 6) is 0. The summed E-state index contributed by atoms with van der Waals surface area (Å²) in [7, 11) is 0. The molecule has 0 amide bonds. The quantitative estimate of drug-likeness (QED) is 0.200. The van der Waals surface area contributed by atoms with E-state index in [0.717, 1.165) is 32.2 Å². The van der Waals surface area contributed by atoms with Gasteiger partial charge in [-0.15, -0.1) is 34.0 Å². The fourth-order valence-electron chi connectivity index (χ4n) is 5.79. The van der Waals surface area contributed by atoms with Crippen LogP contribution in [-0.2, 0) is 0 Å². The van der Waals surface area contributed by atoms with E-state index in [2.05, 4.69) is 133 Å². The highest BCUT2D eigenvalue weighted by Crippen LogP contribution is 2.43. The van der Waals surface area contributed by atoms with Gasteiger partial charge in [0.2, 0.25) is 0 Å². The second kappa shape index (κ2) is 9.96. The predicted octanol–water partition coefficient (Wildman–Crippen LogP) is 11.9. The average Bonchev–Trinajstić information content (AvgIpc) is 3.78. The minimum absolute atomic E-state index is 1.05. The molecule has 0 unspecified atom stereocenters. The molecule has 0 saturated carbocycles. The van der Waals surface area contributed by atoms with E-state index in [4.69, 9.17) is 9.97 Å². The summed E-state index contributed by atoms with van der Waals surface area (Å²) in [4.78, 5) is 10.2. The van der Waals surface area contributed by atoms with Crippen molar-refractivity contribution < 1.29 is 0 Å². The van der Waals surface area contributed by atoms with Crippen molar-refractivity contribution in [2.24, 2.45) is 0 Å². The van der Waals surface area contributed by atoms with Gasteiger partial charge in [-0.25, -0.2) is 9.97 Å². The highest BCUT2D eigenvalue weighted by atomic mass is 32.1. The van der Waals surface area contributed by atoms with Crippen LogP contribution in [0.3, 0.4) is 0 Å². The molecule has 6 aromatic carbocycles. The molecule has 43 heavy (non-hydrogen) atoms. The number of thiophene rings is 1. The molecule has 2 nitrogen and oxygen atoms in total. The van der Waals surface area contributed by atoms with Crippen molar-refractivity contribution in [1.82, 2.24) is 9.97 Å². The number of thiazole rings is 2. The molecule has 5 heteroatoms. The normalized spacial score (nSPS) is 11.7. The maximum atomic E-state index is 5.10. The van der Waals surface area contributed by atoms with Gasteiger partial charge in [0.25, 0.3) is 0 Å². The lowest BCUT2D eigenvalue weighted by atomic mass is 10.0. The van der Waals surface area contributed by atoms with Crippen LogP contribution in [0, 0.1) is 0 Å². The summed E-state index contributed by atoms with van der Waals surface area (Å²) in [6.45, 7) is 0. The van der Waals surface area contributed by atoms with Crippen molar-refractivity contribution in [3.05, 3.63) is 133 Å². The molecule has 202 valence electrons. The number of aromatic nitrogens is 2. The molecular weight excluding hydrogens is 581 g/mol. The molecule has 3 heterocycles. The summed E-state index contributed by atoms with van der Waals surface area (Å²) in [5, 5.41) is 4.62. The third-order valence-corrected chi connectivity index (χ3v) is 11.2. The summed E-state index contributed by atoms with van der Waals surface area (Å²) in [5.41, 5.74) is 9.28. The lowest BCUT2D eigenvalue weighted by Gasteiger charge is -2.03. The molecule has 0 N–H and O–H groups in total. The molecule has 0 aliphatic heterocycles. The van der Waals surface area contributed by atoms with Gasteiger partial charge in [-0.3, -0.25) is 0 Å². The van der Waals surface area contributed by atoms with E-state index in [0.29, 0.717) is 0 Å². The van der Waals surface area contributed by atoms with E-state index in [1.54, 1.807) is 22.7 Å². The Morgan fingerprint density at radius 2 is 0.744 bits per heavy atom. The Kier molecular flexibility index (Phi) is 5.76. The van der Waals surface area contributed by atoms with Crippen LogP contribution in [0.2, 0.25) is 0 Å². The minimum atomic E-state index is 1.05. The number of rotatable bonds is 4. The van der Waals surface area contributed by atoms with E-state index in [1.165, 1.54) is 51.8 Å². The van der Waals surface area contributed by atoms with Gasteiger partial charge in [0, 0.05) is 31.3 Å². The lowest BCUT2D eigenvalue weighted by molar-refractivity contribution is 1.48. The third-order valence-electron chi connectivity index (χ3n) is 7.92. The smallest absolute Gasteiger partial charge is 0.124 e. The third kappa shape index (κ3) is 4.36. The van der Waals surface area contributed by atoms with Crippen LogP contribution < -0.4 is 0 Å². The van der Waals surface area contributed by atoms with Crippen LogP contribution in [0.5, 0.6) is 0 Å². The zero-order valence-corrected chi connectivity index (χ0v) is 25.3. The van der Waals surface area contributed by atoms with Gasteiger partial charge in [0.05, 0.1) is 20.4 Å². The lowest BCUT2D eigenvalue weighted by Crippen LogP contribution is -1.80. The first-order chi connectivity index (χ1) is 21.2. The molecule has 9 rings (SSSR count). The fraction of sp³-hybridized carbons (Fsp3) is 0. The molecule has 0 atom stereocenters. The first-order valence-electron chi connectivity index (χ1n) is 14.1. The SMILES string of the molecule is c1ccc(-c2cccc(-c3nc4cc5c(cc4s3)sc3cc4sc(-c6cccc(-c7ccccc7)c6)nc4cc35)c2)cc1. The summed E-state index contributed by atoms with van der Waals surface area (Å²) >= 11 is 5.39. The van der Waals surface area contributed by atoms with Crippen molar-refractivity contribution >= 4 is 74.6 Å². The number of benzene rings is 6. The highest BCUT2D eigenvalue weighted by molar-refractivity contribution is 7.27. The van der Waals surface area contributed by atoms with Crippen LogP contribution in [0.25, 0.3) is 84.0 Å². The molecule has 0 saturated heterocycles. The summed E-state index contributed by atoms with van der Waals surface area (Å²) in [6, 6.07) is 47.6. The van der Waals surface area contributed by atoms with Crippen LogP contribution in [-0.4, -0.2) is 9.97 Å². The van der Waals surface area contributed by atoms with Crippen molar-refractivity contribution in [3.8, 4) is 43.4 Å². The number of hydrogen-bond donors (Lipinski definition) is 0. The molecule has 0 spiro atoms. The Morgan fingerprint density at radius 1 is 0.326 bits per heavy atom.